The maximum atomic E-state index is 13.5. The van der Waals surface area contributed by atoms with Crippen molar-refractivity contribution in [1.82, 2.24) is 10.2 Å². The molecule has 1 saturated carbocycles. The van der Waals surface area contributed by atoms with Gasteiger partial charge in [0.25, 0.3) is 0 Å². The van der Waals surface area contributed by atoms with Crippen LogP contribution in [-0.2, 0) is 10.9 Å². The number of anilines is 1. The second-order valence-electron chi connectivity index (χ2n) is 9.68. The molecule has 0 bridgehead atoms. The van der Waals surface area contributed by atoms with Gasteiger partial charge >= 0.3 is 12.2 Å². The number of alkyl halides is 3. The first-order valence-corrected chi connectivity index (χ1v) is 11.7. The molecule has 1 aliphatic carbocycles. The van der Waals surface area contributed by atoms with Gasteiger partial charge in [-0.15, -0.1) is 0 Å². The van der Waals surface area contributed by atoms with Crippen molar-refractivity contribution in [3.05, 3.63) is 29.3 Å². The molecule has 180 valence electrons. The molecule has 2 aliphatic heterocycles. The summed E-state index contributed by atoms with van der Waals surface area (Å²) in [4.78, 5) is 16.5. The lowest BCUT2D eigenvalue weighted by molar-refractivity contribution is -0.137. The van der Waals surface area contributed by atoms with Crippen molar-refractivity contribution in [1.29, 1.82) is 5.26 Å². The van der Waals surface area contributed by atoms with Crippen LogP contribution >= 0.6 is 0 Å². The van der Waals surface area contributed by atoms with E-state index in [0.29, 0.717) is 57.5 Å². The summed E-state index contributed by atoms with van der Waals surface area (Å²) >= 11 is 0. The van der Waals surface area contributed by atoms with Gasteiger partial charge in [-0.3, -0.25) is 0 Å². The van der Waals surface area contributed by atoms with E-state index >= 15 is 0 Å². The number of carbonyl (C=O) groups excluding carboxylic acids is 1. The summed E-state index contributed by atoms with van der Waals surface area (Å²) in [6, 6.07) is 5.48. The highest BCUT2D eigenvalue weighted by atomic mass is 19.4. The lowest BCUT2D eigenvalue weighted by atomic mass is 9.74. The zero-order chi connectivity index (χ0) is 23.6. The molecular formula is C24H31F3N4O2. The van der Waals surface area contributed by atoms with Crippen LogP contribution < -0.4 is 10.2 Å². The number of nitrogens with one attached hydrogen (secondary N) is 1. The van der Waals surface area contributed by atoms with E-state index in [2.05, 4.69) is 5.32 Å². The Bertz CT molecular complexity index is 912. The first-order valence-electron chi connectivity index (χ1n) is 11.7. The van der Waals surface area contributed by atoms with Gasteiger partial charge in [0, 0.05) is 50.4 Å². The van der Waals surface area contributed by atoms with Gasteiger partial charge in [-0.1, -0.05) is 6.92 Å². The SMILES string of the molecule is CCCNC(=O)N1CCC2CN(c3ccc(C#N)c(C(F)(F)F)c3)CC2(COCC2CC2)C1. The quantitative estimate of drug-likeness (QED) is 0.655. The number of hydrogen-bond donors (Lipinski definition) is 1. The molecule has 2 heterocycles. The Kier molecular flexibility index (Phi) is 6.76. The number of likely N-dealkylation sites (tertiary alicyclic amines) is 1. The van der Waals surface area contributed by atoms with E-state index in [0.717, 1.165) is 18.9 Å². The molecule has 0 spiro atoms. The second-order valence-corrected chi connectivity index (χ2v) is 9.68. The van der Waals surface area contributed by atoms with Crippen LogP contribution in [0.3, 0.4) is 0 Å². The number of piperidine rings is 1. The van der Waals surface area contributed by atoms with Crippen molar-refractivity contribution in [2.45, 2.75) is 38.8 Å². The Labute approximate surface area is 192 Å². The average Bonchev–Trinajstić information content (AvgIpc) is 3.53. The Hall–Kier alpha value is -2.47. The Morgan fingerprint density at radius 2 is 2.09 bits per heavy atom. The Balaban J connectivity index is 1.56. The topological polar surface area (TPSA) is 68.6 Å². The van der Waals surface area contributed by atoms with Gasteiger partial charge in [-0.25, -0.2) is 4.79 Å². The first kappa shape index (κ1) is 23.7. The summed E-state index contributed by atoms with van der Waals surface area (Å²) in [6.45, 7) is 6.08. The van der Waals surface area contributed by atoms with Crippen LogP contribution in [0.4, 0.5) is 23.7 Å². The van der Waals surface area contributed by atoms with Gasteiger partial charge in [-0.05, 0) is 55.7 Å². The Morgan fingerprint density at radius 1 is 1.30 bits per heavy atom. The third kappa shape index (κ3) is 5.21. The summed E-state index contributed by atoms with van der Waals surface area (Å²) in [7, 11) is 0. The first-order chi connectivity index (χ1) is 15.8. The van der Waals surface area contributed by atoms with E-state index in [1.165, 1.54) is 18.9 Å². The highest BCUT2D eigenvalue weighted by Crippen LogP contribution is 2.45. The summed E-state index contributed by atoms with van der Waals surface area (Å²) < 4.78 is 46.7. The number of amides is 2. The summed E-state index contributed by atoms with van der Waals surface area (Å²) in [5, 5.41) is 12.1. The molecule has 0 radical (unpaired) electrons. The monoisotopic (exact) mass is 464 g/mol. The molecular weight excluding hydrogens is 433 g/mol. The predicted octanol–water partition coefficient (Wildman–Crippen LogP) is 4.25. The molecule has 2 saturated heterocycles. The van der Waals surface area contributed by atoms with Gasteiger partial charge in [-0.2, -0.15) is 18.4 Å². The number of urea groups is 1. The van der Waals surface area contributed by atoms with Gasteiger partial charge in [0.15, 0.2) is 0 Å². The standard InChI is InChI=1S/C24H31F3N4O2/c1-2-8-29-22(32)30-9-7-19-12-31(15-23(19,14-30)16-33-13-17-3-4-17)20-6-5-18(11-28)21(10-20)24(25,26)27/h5-6,10,17,19H,2-4,7-9,12-16H2,1H3,(H,29,32). The van der Waals surface area contributed by atoms with Crippen LogP contribution in [0.15, 0.2) is 18.2 Å². The number of nitrogens with zero attached hydrogens (tertiary/aromatic N) is 3. The van der Waals surface area contributed by atoms with Crippen LogP contribution in [0.2, 0.25) is 0 Å². The minimum atomic E-state index is -4.59. The van der Waals surface area contributed by atoms with E-state index < -0.39 is 11.7 Å². The summed E-state index contributed by atoms with van der Waals surface area (Å²) in [5.41, 5.74) is -1.15. The van der Waals surface area contributed by atoms with Crippen LogP contribution in [0.1, 0.15) is 43.7 Å². The molecule has 2 unspecified atom stereocenters. The van der Waals surface area contributed by atoms with Crippen molar-refractivity contribution >= 4 is 11.7 Å². The third-order valence-electron chi connectivity index (χ3n) is 7.11. The van der Waals surface area contributed by atoms with Gasteiger partial charge < -0.3 is 19.9 Å². The zero-order valence-corrected chi connectivity index (χ0v) is 19.0. The molecule has 2 amide bonds. The van der Waals surface area contributed by atoms with Crippen molar-refractivity contribution in [3.8, 4) is 6.07 Å². The van der Waals surface area contributed by atoms with E-state index in [4.69, 9.17) is 10.00 Å². The van der Waals surface area contributed by atoms with E-state index in [1.54, 1.807) is 12.1 Å². The molecule has 33 heavy (non-hydrogen) atoms. The van der Waals surface area contributed by atoms with E-state index in [9.17, 15) is 18.0 Å². The molecule has 3 aliphatic rings. The average molecular weight is 465 g/mol. The summed E-state index contributed by atoms with van der Waals surface area (Å²) in [5.74, 6) is 0.828. The highest BCUT2D eigenvalue weighted by molar-refractivity contribution is 5.74. The number of fused-ring (bicyclic) bond motifs is 1. The number of carbonyl (C=O) groups is 1. The number of rotatable bonds is 7. The van der Waals surface area contributed by atoms with Crippen LogP contribution in [0.25, 0.3) is 0 Å². The van der Waals surface area contributed by atoms with Gasteiger partial charge in [0.1, 0.15) is 0 Å². The molecule has 1 N–H and O–H groups in total. The molecule has 2 atom stereocenters. The number of halogens is 3. The molecule has 1 aromatic carbocycles. The number of benzene rings is 1. The minimum Gasteiger partial charge on any atom is -0.380 e. The molecule has 3 fully saturated rings. The van der Waals surface area contributed by atoms with E-state index in [-0.39, 0.29) is 22.9 Å². The lowest BCUT2D eigenvalue weighted by Crippen LogP contribution is -2.55. The maximum absolute atomic E-state index is 13.5. The zero-order valence-electron chi connectivity index (χ0n) is 19.0. The maximum Gasteiger partial charge on any atom is 0.417 e. The predicted molar refractivity (Wildman–Crippen MR) is 118 cm³/mol. The van der Waals surface area contributed by atoms with Crippen LogP contribution in [-0.4, -0.2) is 56.9 Å². The Morgan fingerprint density at radius 3 is 2.76 bits per heavy atom. The second kappa shape index (κ2) is 9.41. The molecule has 6 nitrogen and oxygen atoms in total. The van der Waals surface area contributed by atoms with Crippen molar-refractivity contribution in [2.75, 3.05) is 50.8 Å². The summed E-state index contributed by atoms with van der Waals surface area (Å²) in [6.07, 6.45) is -0.594. The molecule has 9 heteroatoms. The van der Waals surface area contributed by atoms with Gasteiger partial charge in [0.2, 0.25) is 0 Å². The fourth-order valence-electron chi connectivity index (χ4n) is 5.08. The lowest BCUT2D eigenvalue weighted by Gasteiger charge is -2.43. The van der Waals surface area contributed by atoms with Crippen LogP contribution in [0.5, 0.6) is 0 Å². The van der Waals surface area contributed by atoms with E-state index in [1.807, 2.05) is 16.7 Å². The van der Waals surface area contributed by atoms with Crippen molar-refractivity contribution < 1.29 is 22.7 Å². The van der Waals surface area contributed by atoms with Crippen LogP contribution in [0, 0.1) is 28.6 Å². The largest absolute Gasteiger partial charge is 0.417 e. The number of hydrogen-bond acceptors (Lipinski definition) is 4. The highest BCUT2D eigenvalue weighted by Gasteiger charge is 2.51. The van der Waals surface area contributed by atoms with Crippen molar-refractivity contribution in [2.24, 2.45) is 17.3 Å². The fourth-order valence-corrected chi connectivity index (χ4v) is 5.08. The normalized spacial score (nSPS) is 25.0. The minimum absolute atomic E-state index is 0.0898. The number of nitriles is 1. The number of ether oxygens (including phenoxy) is 1. The molecule has 0 aromatic heterocycles. The third-order valence-corrected chi connectivity index (χ3v) is 7.11. The molecule has 1 aromatic rings. The van der Waals surface area contributed by atoms with Gasteiger partial charge in [0.05, 0.1) is 23.8 Å². The van der Waals surface area contributed by atoms with Crippen molar-refractivity contribution in [3.63, 3.8) is 0 Å². The molecule has 4 rings (SSSR count). The smallest absolute Gasteiger partial charge is 0.380 e. The fraction of sp³-hybridized carbons (Fsp3) is 0.667.